The van der Waals surface area contributed by atoms with E-state index in [1.165, 1.54) is 5.56 Å². The molecule has 0 aliphatic carbocycles. The maximum Gasteiger partial charge on any atom is 0.193 e. The van der Waals surface area contributed by atoms with E-state index in [0.29, 0.717) is 6.61 Å². The van der Waals surface area contributed by atoms with Gasteiger partial charge in [-0.15, -0.1) is 24.0 Å². The number of hydrogen-bond acceptors (Lipinski definition) is 3. The van der Waals surface area contributed by atoms with Crippen LogP contribution in [0.3, 0.4) is 0 Å². The highest BCUT2D eigenvalue weighted by molar-refractivity contribution is 14.0. The monoisotopic (exact) mass is 449 g/mol. The quantitative estimate of drug-likeness (QED) is 0.257. The summed E-state index contributed by atoms with van der Waals surface area (Å²) in [6, 6.07) is 8.21. The third-order valence-corrected chi connectivity index (χ3v) is 3.43. The average molecular weight is 449 g/mol. The topological polar surface area (TPSA) is 46.1 Å². The number of rotatable bonds is 10. The molecule has 138 valence electrons. The van der Waals surface area contributed by atoms with Crippen LogP contribution < -0.4 is 10.1 Å². The summed E-state index contributed by atoms with van der Waals surface area (Å²) < 4.78 is 10.8. The van der Waals surface area contributed by atoms with Crippen LogP contribution in [0.15, 0.2) is 29.3 Å². The Morgan fingerprint density at radius 3 is 2.42 bits per heavy atom. The van der Waals surface area contributed by atoms with Crippen LogP contribution >= 0.6 is 24.0 Å². The van der Waals surface area contributed by atoms with Gasteiger partial charge in [-0.2, -0.15) is 0 Å². The van der Waals surface area contributed by atoms with E-state index in [-0.39, 0.29) is 24.0 Å². The summed E-state index contributed by atoms with van der Waals surface area (Å²) in [5.74, 6) is 1.83. The second kappa shape index (κ2) is 14.3. The number of nitrogens with zero attached hydrogens (tertiary/aromatic N) is 2. The smallest absolute Gasteiger partial charge is 0.193 e. The Hall–Kier alpha value is -1.02. The van der Waals surface area contributed by atoms with E-state index in [9.17, 15) is 0 Å². The van der Waals surface area contributed by atoms with Crippen LogP contribution in [0.4, 0.5) is 0 Å². The molecule has 0 radical (unpaired) electrons. The van der Waals surface area contributed by atoms with E-state index in [2.05, 4.69) is 27.3 Å². The molecule has 0 aliphatic rings. The van der Waals surface area contributed by atoms with E-state index in [1.807, 2.05) is 40.1 Å². The molecule has 0 aliphatic heterocycles. The van der Waals surface area contributed by atoms with Crippen molar-refractivity contribution in [3.8, 4) is 5.75 Å². The van der Waals surface area contributed by atoms with Crippen molar-refractivity contribution in [1.29, 1.82) is 0 Å². The lowest BCUT2D eigenvalue weighted by molar-refractivity contribution is 0.143. The second-order valence-electron chi connectivity index (χ2n) is 5.31. The van der Waals surface area contributed by atoms with Crippen LogP contribution in [0.2, 0.25) is 0 Å². The fourth-order valence-corrected chi connectivity index (χ4v) is 2.26. The number of ether oxygens (including phenoxy) is 2. The Kier molecular flexibility index (Phi) is 13.7. The number of hydrogen-bond donors (Lipinski definition) is 1. The molecular formula is C18H32IN3O2. The molecule has 0 saturated heterocycles. The SMILES string of the molecule is CCOCCCCNC(=NC)N(C)Cc1ccc(OCC)cc1.I. The summed E-state index contributed by atoms with van der Waals surface area (Å²) in [6.45, 7) is 8.05. The molecule has 1 aromatic rings. The Balaban J connectivity index is 0.00000529. The van der Waals surface area contributed by atoms with E-state index in [4.69, 9.17) is 9.47 Å². The molecule has 0 saturated carbocycles. The summed E-state index contributed by atoms with van der Waals surface area (Å²) in [6.07, 6.45) is 2.15. The maximum atomic E-state index is 5.47. The highest BCUT2D eigenvalue weighted by Gasteiger charge is 2.06. The number of benzene rings is 1. The molecule has 0 amide bonds. The van der Waals surface area contributed by atoms with Crippen molar-refractivity contribution >= 4 is 29.9 Å². The van der Waals surface area contributed by atoms with Gasteiger partial charge >= 0.3 is 0 Å². The van der Waals surface area contributed by atoms with E-state index in [0.717, 1.165) is 50.9 Å². The Bertz CT molecular complexity index is 452. The molecule has 0 heterocycles. The van der Waals surface area contributed by atoms with Gasteiger partial charge in [0.2, 0.25) is 0 Å². The highest BCUT2D eigenvalue weighted by atomic mass is 127. The Labute approximate surface area is 163 Å². The van der Waals surface area contributed by atoms with E-state index in [1.54, 1.807) is 0 Å². The van der Waals surface area contributed by atoms with Gasteiger partial charge in [-0.05, 0) is 44.4 Å². The summed E-state index contributed by atoms with van der Waals surface area (Å²) in [5, 5.41) is 3.39. The normalized spacial score (nSPS) is 10.9. The fourth-order valence-electron chi connectivity index (χ4n) is 2.26. The minimum Gasteiger partial charge on any atom is -0.494 e. The predicted octanol–water partition coefficient (Wildman–Crippen LogP) is 3.53. The highest BCUT2D eigenvalue weighted by Crippen LogP contribution is 2.13. The van der Waals surface area contributed by atoms with Gasteiger partial charge in [-0.25, -0.2) is 0 Å². The van der Waals surface area contributed by atoms with Gasteiger partial charge in [0.1, 0.15) is 5.75 Å². The molecule has 24 heavy (non-hydrogen) atoms. The van der Waals surface area contributed by atoms with Gasteiger partial charge in [0, 0.05) is 40.4 Å². The third-order valence-electron chi connectivity index (χ3n) is 3.43. The Morgan fingerprint density at radius 1 is 1.12 bits per heavy atom. The molecule has 5 nitrogen and oxygen atoms in total. The molecule has 0 fully saturated rings. The van der Waals surface area contributed by atoms with Gasteiger partial charge < -0.3 is 19.7 Å². The molecule has 0 bridgehead atoms. The van der Waals surface area contributed by atoms with Crippen molar-refractivity contribution in [2.75, 3.05) is 40.5 Å². The van der Waals surface area contributed by atoms with Gasteiger partial charge in [0.05, 0.1) is 6.61 Å². The lowest BCUT2D eigenvalue weighted by Crippen LogP contribution is -2.38. The summed E-state index contributed by atoms with van der Waals surface area (Å²) in [5.41, 5.74) is 1.23. The van der Waals surface area contributed by atoms with Gasteiger partial charge in [0.15, 0.2) is 5.96 Å². The molecule has 1 rings (SSSR count). The zero-order chi connectivity index (χ0) is 16.9. The molecule has 1 aromatic carbocycles. The minimum absolute atomic E-state index is 0. The first-order valence-electron chi connectivity index (χ1n) is 8.42. The van der Waals surface area contributed by atoms with Crippen molar-refractivity contribution < 1.29 is 9.47 Å². The number of unbranched alkanes of at least 4 members (excludes halogenated alkanes) is 1. The Morgan fingerprint density at radius 2 is 1.83 bits per heavy atom. The van der Waals surface area contributed by atoms with Crippen molar-refractivity contribution in [2.24, 2.45) is 4.99 Å². The molecule has 6 heteroatoms. The zero-order valence-electron chi connectivity index (χ0n) is 15.4. The molecule has 0 spiro atoms. The molecule has 0 atom stereocenters. The predicted molar refractivity (Wildman–Crippen MR) is 112 cm³/mol. The van der Waals surface area contributed by atoms with Crippen LogP contribution in [-0.4, -0.2) is 51.3 Å². The third kappa shape index (κ3) is 9.32. The average Bonchev–Trinajstić information content (AvgIpc) is 2.56. The van der Waals surface area contributed by atoms with Gasteiger partial charge in [-0.1, -0.05) is 12.1 Å². The molecule has 0 unspecified atom stereocenters. The fraction of sp³-hybridized carbons (Fsp3) is 0.611. The van der Waals surface area contributed by atoms with Crippen LogP contribution in [0.25, 0.3) is 0 Å². The standard InChI is InChI=1S/C18H31N3O2.HI/c1-5-22-14-8-7-13-20-18(19-3)21(4)15-16-9-11-17(12-10-16)23-6-2;/h9-12H,5-8,13-15H2,1-4H3,(H,19,20);1H. The van der Waals surface area contributed by atoms with Crippen molar-refractivity contribution in [3.63, 3.8) is 0 Å². The summed E-state index contributed by atoms with van der Waals surface area (Å²) in [4.78, 5) is 6.46. The molecule has 1 N–H and O–H groups in total. The molecule has 0 aromatic heterocycles. The van der Waals surface area contributed by atoms with Gasteiger partial charge in [-0.3, -0.25) is 4.99 Å². The number of halogens is 1. The first kappa shape index (κ1) is 23.0. The number of nitrogens with one attached hydrogen (secondary N) is 1. The van der Waals surface area contributed by atoms with Gasteiger partial charge in [0.25, 0.3) is 0 Å². The first-order valence-corrected chi connectivity index (χ1v) is 8.42. The van der Waals surface area contributed by atoms with Crippen LogP contribution in [0.1, 0.15) is 32.3 Å². The van der Waals surface area contributed by atoms with Crippen molar-refractivity contribution in [1.82, 2.24) is 10.2 Å². The van der Waals surface area contributed by atoms with E-state index >= 15 is 0 Å². The zero-order valence-corrected chi connectivity index (χ0v) is 17.7. The van der Waals surface area contributed by atoms with Crippen molar-refractivity contribution in [2.45, 2.75) is 33.2 Å². The largest absolute Gasteiger partial charge is 0.494 e. The lowest BCUT2D eigenvalue weighted by atomic mass is 10.2. The van der Waals surface area contributed by atoms with Crippen LogP contribution in [0, 0.1) is 0 Å². The van der Waals surface area contributed by atoms with Crippen molar-refractivity contribution in [3.05, 3.63) is 29.8 Å². The lowest BCUT2D eigenvalue weighted by Gasteiger charge is -2.22. The summed E-state index contributed by atoms with van der Waals surface area (Å²) >= 11 is 0. The molecular weight excluding hydrogens is 417 g/mol. The number of aliphatic imine (C=N–C) groups is 1. The first-order chi connectivity index (χ1) is 11.2. The van der Waals surface area contributed by atoms with Crippen LogP contribution in [-0.2, 0) is 11.3 Å². The maximum absolute atomic E-state index is 5.47. The van der Waals surface area contributed by atoms with Crippen LogP contribution in [0.5, 0.6) is 5.75 Å². The minimum atomic E-state index is 0. The van der Waals surface area contributed by atoms with E-state index < -0.39 is 0 Å². The number of guanidine groups is 1. The second-order valence-corrected chi connectivity index (χ2v) is 5.31. The summed E-state index contributed by atoms with van der Waals surface area (Å²) in [7, 11) is 3.86.